The Morgan fingerprint density at radius 3 is 1.38 bits per heavy atom. The molecule has 0 saturated heterocycles. The molecule has 0 aliphatic carbocycles. The van der Waals surface area contributed by atoms with Gasteiger partial charge in [-0.25, -0.2) is 9.82 Å². The molecule has 46 valence electrons. The first kappa shape index (κ1) is 16.9. The van der Waals surface area contributed by atoms with Crippen molar-refractivity contribution < 1.29 is 24.3 Å². The predicted octanol–water partition coefficient (Wildman–Crippen LogP) is -2.26. The first-order chi connectivity index (χ1) is 2.56. The Morgan fingerprint density at radius 2 is 1.38 bits per heavy atom. The Balaban J connectivity index is -0.000000125. The van der Waals surface area contributed by atoms with Gasteiger partial charge in [0.1, 0.15) is 0 Å². The first-order valence-electron chi connectivity index (χ1n) is 0.948. The van der Waals surface area contributed by atoms with E-state index in [2.05, 4.69) is 4.67 Å². The van der Waals surface area contributed by atoms with Crippen molar-refractivity contribution in [2.45, 2.75) is 0 Å². The summed E-state index contributed by atoms with van der Waals surface area (Å²) in [6.45, 7) is 0. The average molecular weight is 198 g/mol. The summed E-state index contributed by atoms with van der Waals surface area (Å²) in [6, 6.07) is 0. The van der Waals surface area contributed by atoms with Crippen LogP contribution in [0.5, 0.6) is 0 Å². The molecule has 0 saturated carbocycles. The number of rotatable bonds is 1. The van der Waals surface area contributed by atoms with Crippen LogP contribution in [-0.2, 0) is 9.24 Å². The average Bonchev–Trinajstić information content (AvgIpc) is 1.35. The zero-order chi connectivity index (χ0) is 5.21. The van der Waals surface area contributed by atoms with Crippen molar-refractivity contribution in [3.05, 3.63) is 0 Å². The third-order valence-corrected chi connectivity index (χ3v) is 0.319. The van der Waals surface area contributed by atoms with Crippen LogP contribution in [0, 0.1) is 0 Å². The SMILES string of the molecule is O=P(O)(O)OO.[CaH2].[CaH2]. The van der Waals surface area contributed by atoms with Crippen LogP contribution in [0.3, 0.4) is 0 Å². The molecule has 8 heteroatoms. The van der Waals surface area contributed by atoms with E-state index in [-0.39, 0.29) is 75.5 Å². The van der Waals surface area contributed by atoms with Crippen LogP contribution in [-0.4, -0.2) is 90.5 Å². The standard InChI is InChI=1S/2Ca.H3O5P.4H/c;;1-5-6(2,3)4;;;;/h;;1H,(H2,2,3,4);;;;. The summed E-state index contributed by atoms with van der Waals surface area (Å²) in [6.07, 6.45) is 0. The summed E-state index contributed by atoms with van der Waals surface area (Å²) in [5.74, 6) is 0. The van der Waals surface area contributed by atoms with Crippen molar-refractivity contribution in [1.29, 1.82) is 0 Å². The molecule has 8 heavy (non-hydrogen) atoms. The first-order valence-corrected chi connectivity index (χ1v) is 2.48. The fourth-order valence-corrected chi connectivity index (χ4v) is 0. The molecule has 0 unspecified atom stereocenters. The molecule has 0 amide bonds. The molecule has 0 bridgehead atoms. The quantitative estimate of drug-likeness (QED) is 0.191. The van der Waals surface area contributed by atoms with Gasteiger partial charge in [-0.15, -0.1) is 4.67 Å². The Bertz CT molecular complexity index is 74.5. The molecule has 0 aromatic rings. The molecule has 0 radical (unpaired) electrons. The van der Waals surface area contributed by atoms with E-state index in [0.29, 0.717) is 0 Å². The zero-order valence-corrected chi connectivity index (χ0v) is 3.50. The van der Waals surface area contributed by atoms with Crippen molar-refractivity contribution >= 4 is 83.3 Å². The van der Waals surface area contributed by atoms with Crippen molar-refractivity contribution in [1.82, 2.24) is 0 Å². The molecular formula is H7Ca2O5P. The van der Waals surface area contributed by atoms with Gasteiger partial charge in [0.05, 0.1) is 0 Å². The molecule has 3 N–H and O–H groups in total. The van der Waals surface area contributed by atoms with Gasteiger partial charge in [0.15, 0.2) is 0 Å². The van der Waals surface area contributed by atoms with Gasteiger partial charge in [0.25, 0.3) is 0 Å². The molecule has 0 heterocycles. The monoisotopic (exact) mass is 198 g/mol. The minimum absolute atomic E-state index is 0. The van der Waals surface area contributed by atoms with Gasteiger partial charge in [-0.1, -0.05) is 0 Å². The second kappa shape index (κ2) is 7.69. The summed E-state index contributed by atoms with van der Waals surface area (Å²) < 4.78 is 11.8. The van der Waals surface area contributed by atoms with Crippen LogP contribution in [0.25, 0.3) is 0 Å². The number of hydrogen-bond donors (Lipinski definition) is 3. The van der Waals surface area contributed by atoms with Gasteiger partial charge in [-0.2, -0.15) is 0 Å². The molecule has 0 spiro atoms. The second-order valence-electron chi connectivity index (χ2n) is 0.572. The zero-order valence-electron chi connectivity index (χ0n) is 2.61. The third kappa shape index (κ3) is 15.8. The fraction of sp³-hybridized carbons (Fsp3) is 0. The Morgan fingerprint density at radius 1 is 1.25 bits per heavy atom. The van der Waals surface area contributed by atoms with Gasteiger partial charge >= 0.3 is 83.3 Å². The molecule has 0 rings (SSSR count). The summed E-state index contributed by atoms with van der Waals surface area (Å²) >= 11 is 0. The molecule has 5 nitrogen and oxygen atoms in total. The van der Waals surface area contributed by atoms with E-state index in [1.807, 2.05) is 0 Å². The predicted molar refractivity (Wildman–Crippen MR) is 32.8 cm³/mol. The van der Waals surface area contributed by atoms with E-state index in [9.17, 15) is 4.57 Å². The van der Waals surface area contributed by atoms with Crippen LogP contribution < -0.4 is 0 Å². The van der Waals surface area contributed by atoms with Gasteiger partial charge < -0.3 is 9.79 Å². The maximum atomic E-state index is 9.22. The van der Waals surface area contributed by atoms with E-state index >= 15 is 0 Å². The van der Waals surface area contributed by atoms with Crippen LogP contribution in [0.2, 0.25) is 0 Å². The number of phosphoric acid groups is 1. The van der Waals surface area contributed by atoms with E-state index < -0.39 is 7.82 Å². The summed E-state index contributed by atoms with van der Waals surface area (Å²) in [4.78, 5) is 14.9. The van der Waals surface area contributed by atoms with Crippen molar-refractivity contribution in [3.8, 4) is 0 Å². The van der Waals surface area contributed by atoms with Crippen molar-refractivity contribution in [2.75, 3.05) is 0 Å². The summed E-state index contributed by atoms with van der Waals surface area (Å²) in [5.41, 5.74) is 0. The van der Waals surface area contributed by atoms with Crippen molar-refractivity contribution in [2.24, 2.45) is 0 Å². The van der Waals surface area contributed by atoms with E-state index in [1.165, 1.54) is 0 Å². The van der Waals surface area contributed by atoms with Gasteiger partial charge in [0, 0.05) is 0 Å². The third-order valence-electron chi connectivity index (χ3n) is 0.106. The van der Waals surface area contributed by atoms with Gasteiger partial charge in [-0.3, -0.25) is 0 Å². The summed E-state index contributed by atoms with van der Waals surface area (Å²) in [5, 5.41) is 7.14. The van der Waals surface area contributed by atoms with Crippen molar-refractivity contribution in [3.63, 3.8) is 0 Å². The molecule has 0 aliphatic rings. The molecule has 0 fully saturated rings. The van der Waals surface area contributed by atoms with Crippen LogP contribution in [0.15, 0.2) is 0 Å². The second-order valence-corrected chi connectivity index (χ2v) is 1.72. The van der Waals surface area contributed by atoms with E-state index in [1.54, 1.807) is 0 Å². The molecule has 0 aromatic heterocycles. The Hall–Kier alpha value is 2.59. The number of hydrogen-bond acceptors (Lipinski definition) is 3. The van der Waals surface area contributed by atoms with Crippen LogP contribution in [0.4, 0.5) is 0 Å². The topological polar surface area (TPSA) is 87.0 Å². The minimum atomic E-state index is -4.59. The van der Waals surface area contributed by atoms with E-state index in [0.717, 1.165) is 0 Å². The Kier molecular flexibility index (Phi) is 16.3. The maximum absolute atomic E-state index is 9.22. The molecule has 0 aliphatic heterocycles. The molecular weight excluding hydrogens is 191 g/mol. The van der Waals surface area contributed by atoms with Gasteiger partial charge in [0.2, 0.25) is 0 Å². The molecule has 0 aromatic carbocycles. The molecule has 0 atom stereocenters. The van der Waals surface area contributed by atoms with Gasteiger partial charge in [-0.05, 0) is 0 Å². The fourth-order valence-electron chi connectivity index (χ4n) is 0. The summed E-state index contributed by atoms with van der Waals surface area (Å²) in [7, 11) is -4.59. The Labute approximate surface area is 106 Å². The van der Waals surface area contributed by atoms with Crippen LogP contribution in [0.1, 0.15) is 0 Å². The van der Waals surface area contributed by atoms with Crippen LogP contribution >= 0.6 is 7.82 Å². The van der Waals surface area contributed by atoms with E-state index in [4.69, 9.17) is 15.0 Å². The normalized spacial score (nSPS) is 8.88.